The van der Waals surface area contributed by atoms with Crippen molar-refractivity contribution in [3.05, 3.63) is 41.4 Å². The largest absolute Gasteiger partial charge is 0.368 e. The molecule has 3 rings (SSSR count). The molecule has 134 valence electrons. The zero-order valence-corrected chi connectivity index (χ0v) is 14.8. The number of amides is 2. The molecule has 2 aromatic heterocycles. The number of pyridine rings is 1. The molecule has 3 aromatic rings. The van der Waals surface area contributed by atoms with E-state index in [0.29, 0.717) is 12.2 Å². The lowest BCUT2D eigenvalue weighted by Gasteiger charge is -2.16. The molecule has 0 bridgehead atoms. The second-order valence-electron chi connectivity index (χ2n) is 5.62. The molecule has 0 saturated carbocycles. The number of thiazole rings is 1. The average Bonchev–Trinajstić information content (AvgIpc) is 3.07. The van der Waals surface area contributed by atoms with Gasteiger partial charge in [0.05, 0.1) is 21.3 Å². The van der Waals surface area contributed by atoms with E-state index in [1.165, 1.54) is 0 Å². The van der Waals surface area contributed by atoms with Crippen LogP contribution in [0, 0.1) is 0 Å². The molecule has 0 saturated heterocycles. The molecule has 0 aliphatic heterocycles. The number of carbonyl (C=O) groups is 2. The molecule has 8 nitrogen and oxygen atoms in total. The Morgan fingerprint density at radius 1 is 1.23 bits per heavy atom. The summed E-state index contributed by atoms with van der Waals surface area (Å²) in [6.07, 6.45) is 0.512. The van der Waals surface area contributed by atoms with Gasteiger partial charge in [0.1, 0.15) is 17.7 Å². The number of hydrogen-bond acceptors (Lipinski definition) is 7. The van der Waals surface area contributed by atoms with Crippen LogP contribution in [0.3, 0.4) is 0 Å². The quantitative estimate of drug-likeness (QED) is 0.503. The summed E-state index contributed by atoms with van der Waals surface area (Å²) >= 11 is 1.54. The summed E-state index contributed by atoms with van der Waals surface area (Å²) in [7, 11) is 0. The highest BCUT2D eigenvalue weighted by atomic mass is 32.1. The summed E-state index contributed by atoms with van der Waals surface area (Å²) in [6.45, 7) is 1.84. The van der Waals surface area contributed by atoms with Gasteiger partial charge in [0.2, 0.25) is 5.91 Å². The summed E-state index contributed by atoms with van der Waals surface area (Å²) in [5.41, 5.74) is 14.4. The molecule has 1 aromatic carbocycles. The number of aromatic nitrogens is 2. The summed E-state index contributed by atoms with van der Waals surface area (Å²) in [5.74, 6) is -0.380. The summed E-state index contributed by atoms with van der Waals surface area (Å²) in [5, 5.41) is 6.05. The number of fused-ring (bicyclic) bond motifs is 1. The second-order valence-corrected chi connectivity index (χ2v) is 6.51. The van der Waals surface area contributed by atoms with Crippen LogP contribution in [0.5, 0.6) is 0 Å². The number of nitrogens with zero attached hydrogens (tertiary/aromatic N) is 2. The fourth-order valence-electron chi connectivity index (χ4n) is 2.46. The van der Waals surface area contributed by atoms with Crippen LogP contribution in [-0.2, 0) is 4.79 Å². The number of anilines is 3. The zero-order valence-electron chi connectivity index (χ0n) is 14.0. The Hall–Kier alpha value is -3.20. The zero-order chi connectivity index (χ0) is 18.7. The van der Waals surface area contributed by atoms with E-state index in [2.05, 4.69) is 20.6 Å². The molecule has 0 spiro atoms. The molecule has 0 aliphatic carbocycles. The van der Waals surface area contributed by atoms with Gasteiger partial charge in [-0.3, -0.25) is 9.59 Å². The molecule has 1 atom stereocenters. The Labute approximate surface area is 153 Å². The van der Waals surface area contributed by atoms with Crippen molar-refractivity contribution in [1.82, 2.24) is 9.97 Å². The maximum Gasteiger partial charge on any atom is 0.252 e. The predicted molar refractivity (Wildman–Crippen MR) is 103 cm³/mol. The van der Waals surface area contributed by atoms with Gasteiger partial charge in [-0.25, -0.2) is 9.97 Å². The Balaban J connectivity index is 1.93. The molecule has 0 radical (unpaired) electrons. The van der Waals surface area contributed by atoms with Gasteiger partial charge in [-0.05, 0) is 36.8 Å². The van der Waals surface area contributed by atoms with E-state index in [4.69, 9.17) is 11.5 Å². The van der Waals surface area contributed by atoms with Crippen LogP contribution in [0.1, 0.15) is 23.7 Å². The number of hydrogen-bond donors (Lipinski definition) is 4. The maximum atomic E-state index is 11.7. The van der Waals surface area contributed by atoms with Gasteiger partial charge >= 0.3 is 0 Å². The molecule has 0 fully saturated rings. The van der Waals surface area contributed by atoms with Crippen molar-refractivity contribution < 1.29 is 9.59 Å². The van der Waals surface area contributed by atoms with E-state index >= 15 is 0 Å². The number of carbonyl (C=O) groups excluding carboxylic acids is 2. The first-order valence-electron chi connectivity index (χ1n) is 7.95. The minimum atomic E-state index is -0.608. The maximum absolute atomic E-state index is 11.7. The molecular formula is C17H18N6O2S. The first-order valence-corrected chi connectivity index (χ1v) is 8.83. The van der Waals surface area contributed by atoms with Gasteiger partial charge in [0.25, 0.3) is 5.91 Å². The van der Waals surface area contributed by atoms with Crippen molar-refractivity contribution in [2.75, 3.05) is 10.6 Å². The molecule has 26 heavy (non-hydrogen) atoms. The van der Waals surface area contributed by atoms with Crippen molar-refractivity contribution in [3.8, 4) is 0 Å². The highest BCUT2D eigenvalue weighted by molar-refractivity contribution is 7.16. The fraction of sp³-hybridized carbons (Fsp3) is 0.176. The molecule has 9 heteroatoms. The number of nitrogens with two attached hydrogens (primary N) is 2. The monoisotopic (exact) mass is 370 g/mol. The molecule has 0 unspecified atom stereocenters. The van der Waals surface area contributed by atoms with E-state index < -0.39 is 17.9 Å². The standard InChI is InChI=1S/C17H18N6O2S/c1-2-11(16(19)25)22-14-6-4-10(15(18)24)17(23-14)21-9-3-5-13-12(7-9)20-8-26-13/h3-8,11H,2H2,1H3,(H2,18,24)(H2,19,25)(H2,21,22,23)/t11-/m1/s1. The number of nitrogens with one attached hydrogen (secondary N) is 2. The van der Waals surface area contributed by atoms with E-state index in [1.807, 2.05) is 25.1 Å². The van der Waals surface area contributed by atoms with Gasteiger partial charge in [0.15, 0.2) is 0 Å². The average molecular weight is 370 g/mol. The van der Waals surface area contributed by atoms with Crippen molar-refractivity contribution in [2.24, 2.45) is 11.5 Å². The number of primary amides is 2. The lowest BCUT2D eigenvalue weighted by atomic mass is 10.2. The van der Waals surface area contributed by atoms with Crippen LogP contribution in [0.2, 0.25) is 0 Å². The SMILES string of the molecule is CC[C@@H](Nc1ccc(C(N)=O)c(Nc2ccc3scnc3c2)n1)C(N)=O. The van der Waals surface area contributed by atoms with Crippen LogP contribution in [0.25, 0.3) is 10.2 Å². The smallest absolute Gasteiger partial charge is 0.252 e. The summed E-state index contributed by atoms with van der Waals surface area (Å²) in [4.78, 5) is 31.8. The third-order valence-electron chi connectivity index (χ3n) is 3.83. The number of rotatable bonds is 7. The minimum Gasteiger partial charge on any atom is -0.368 e. The Kier molecular flexibility index (Phi) is 4.99. The van der Waals surface area contributed by atoms with Gasteiger partial charge in [0, 0.05) is 5.69 Å². The minimum absolute atomic E-state index is 0.237. The van der Waals surface area contributed by atoms with Crippen molar-refractivity contribution in [1.29, 1.82) is 0 Å². The van der Waals surface area contributed by atoms with E-state index in [0.717, 1.165) is 15.9 Å². The van der Waals surface area contributed by atoms with Crippen LogP contribution in [-0.4, -0.2) is 27.8 Å². The third kappa shape index (κ3) is 3.72. The fourth-order valence-corrected chi connectivity index (χ4v) is 3.12. The molecule has 6 N–H and O–H groups in total. The molecule has 2 amide bonds. The molecule has 0 aliphatic rings. The van der Waals surface area contributed by atoms with E-state index in [1.54, 1.807) is 29.0 Å². The van der Waals surface area contributed by atoms with Gasteiger partial charge in [-0.1, -0.05) is 6.92 Å². The topological polar surface area (TPSA) is 136 Å². The lowest BCUT2D eigenvalue weighted by Crippen LogP contribution is -2.35. The van der Waals surface area contributed by atoms with Gasteiger partial charge in [-0.15, -0.1) is 11.3 Å². The first kappa shape index (κ1) is 17.6. The van der Waals surface area contributed by atoms with E-state index in [-0.39, 0.29) is 11.4 Å². The summed E-state index contributed by atoms with van der Waals surface area (Å²) < 4.78 is 1.06. The molecular weight excluding hydrogens is 352 g/mol. The van der Waals surface area contributed by atoms with Crippen molar-refractivity contribution in [2.45, 2.75) is 19.4 Å². The van der Waals surface area contributed by atoms with Crippen LogP contribution >= 0.6 is 11.3 Å². The highest BCUT2D eigenvalue weighted by Gasteiger charge is 2.16. The lowest BCUT2D eigenvalue weighted by molar-refractivity contribution is -0.118. The van der Waals surface area contributed by atoms with Crippen LogP contribution in [0.15, 0.2) is 35.8 Å². The Bertz CT molecular complexity index is 971. The normalized spacial score (nSPS) is 11.9. The Morgan fingerprint density at radius 3 is 2.73 bits per heavy atom. The second kappa shape index (κ2) is 7.36. The van der Waals surface area contributed by atoms with Crippen LogP contribution < -0.4 is 22.1 Å². The van der Waals surface area contributed by atoms with E-state index in [9.17, 15) is 9.59 Å². The molecule has 2 heterocycles. The number of benzene rings is 1. The van der Waals surface area contributed by atoms with Crippen molar-refractivity contribution in [3.63, 3.8) is 0 Å². The van der Waals surface area contributed by atoms with Crippen LogP contribution in [0.4, 0.5) is 17.3 Å². The third-order valence-corrected chi connectivity index (χ3v) is 4.64. The van der Waals surface area contributed by atoms with Gasteiger partial charge < -0.3 is 22.1 Å². The summed E-state index contributed by atoms with van der Waals surface area (Å²) in [6, 6.07) is 8.24. The predicted octanol–water partition coefficient (Wildman–Crippen LogP) is 2.21. The van der Waals surface area contributed by atoms with Gasteiger partial charge in [-0.2, -0.15) is 0 Å². The highest BCUT2D eigenvalue weighted by Crippen LogP contribution is 2.26. The Morgan fingerprint density at radius 2 is 2.04 bits per heavy atom. The first-order chi connectivity index (χ1) is 12.5. The van der Waals surface area contributed by atoms with Crippen molar-refractivity contribution >= 4 is 50.7 Å².